The van der Waals surface area contributed by atoms with Gasteiger partial charge in [-0.05, 0) is 48.2 Å². The van der Waals surface area contributed by atoms with E-state index in [0.717, 1.165) is 51.6 Å². The number of fused-ring (bicyclic) bond motifs is 3. The zero-order valence-corrected chi connectivity index (χ0v) is 20.0. The number of imidazole rings is 1. The quantitative estimate of drug-likeness (QED) is 0.462. The zero-order valence-electron chi connectivity index (χ0n) is 20.0. The number of piperidine rings is 1. The van der Waals surface area contributed by atoms with Crippen LogP contribution in [0.2, 0.25) is 0 Å². The van der Waals surface area contributed by atoms with Crippen LogP contribution in [0.4, 0.5) is 10.5 Å². The number of rotatable bonds is 5. The number of anilines is 1. The van der Waals surface area contributed by atoms with Crippen molar-refractivity contribution in [2.75, 3.05) is 32.1 Å². The van der Waals surface area contributed by atoms with Crippen LogP contribution in [0.3, 0.4) is 0 Å². The van der Waals surface area contributed by atoms with E-state index in [0.29, 0.717) is 26.2 Å². The molecular formula is C26H30N6O3. The number of likely N-dealkylation sites (tertiary alicyclic amines) is 1. The molecule has 0 unspecified atom stereocenters. The molecule has 0 radical (unpaired) electrons. The van der Waals surface area contributed by atoms with Crippen molar-refractivity contribution in [3.05, 3.63) is 59.1 Å². The molecule has 2 aromatic heterocycles. The van der Waals surface area contributed by atoms with Crippen LogP contribution in [-0.2, 0) is 18.3 Å². The van der Waals surface area contributed by atoms with Crippen molar-refractivity contribution in [2.45, 2.75) is 25.4 Å². The van der Waals surface area contributed by atoms with Gasteiger partial charge in [-0.1, -0.05) is 18.2 Å². The maximum absolute atomic E-state index is 12.8. The Bertz CT molecular complexity index is 1430. The van der Waals surface area contributed by atoms with Crippen LogP contribution in [-0.4, -0.2) is 57.9 Å². The summed E-state index contributed by atoms with van der Waals surface area (Å²) in [5, 5.41) is 3.89. The summed E-state index contributed by atoms with van der Waals surface area (Å²) in [6.45, 7) is 2.27. The summed E-state index contributed by atoms with van der Waals surface area (Å²) < 4.78 is 8.59. The van der Waals surface area contributed by atoms with E-state index < -0.39 is 0 Å². The average Bonchev–Trinajstić information content (AvgIpc) is 3.13. The number of nitrogens with two attached hydrogens (primary N) is 1. The molecule has 0 spiro atoms. The van der Waals surface area contributed by atoms with Gasteiger partial charge in [-0.25, -0.2) is 9.59 Å². The molecule has 2 aromatic carbocycles. The summed E-state index contributed by atoms with van der Waals surface area (Å²) in [5.41, 5.74) is 11.1. The zero-order chi connectivity index (χ0) is 24.5. The summed E-state index contributed by atoms with van der Waals surface area (Å²) in [7, 11) is 3.39. The minimum atomic E-state index is -0.0954. The largest absolute Gasteiger partial charge is 0.383 e. The summed E-state index contributed by atoms with van der Waals surface area (Å²) in [6.07, 6.45) is 3.41. The van der Waals surface area contributed by atoms with E-state index in [4.69, 9.17) is 10.5 Å². The van der Waals surface area contributed by atoms with Gasteiger partial charge in [0.2, 0.25) is 0 Å². The topological polar surface area (TPSA) is 107 Å². The van der Waals surface area contributed by atoms with Crippen LogP contribution in [0.5, 0.6) is 0 Å². The Balaban J connectivity index is 1.44. The highest BCUT2D eigenvalue weighted by Gasteiger charge is 2.20. The number of aryl methyl sites for hydroxylation is 1. The van der Waals surface area contributed by atoms with E-state index in [1.165, 1.54) is 0 Å². The summed E-state index contributed by atoms with van der Waals surface area (Å²) in [5.74, 6) is 0. The first-order valence-electron chi connectivity index (χ1n) is 11.8. The third kappa shape index (κ3) is 4.40. The van der Waals surface area contributed by atoms with Gasteiger partial charge >= 0.3 is 11.7 Å². The molecule has 9 heteroatoms. The fourth-order valence-electron chi connectivity index (χ4n) is 4.70. The van der Waals surface area contributed by atoms with Crippen molar-refractivity contribution >= 4 is 33.7 Å². The first-order valence-corrected chi connectivity index (χ1v) is 11.8. The number of hydrogen-bond donors (Lipinski definition) is 2. The number of nitrogens with zero attached hydrogens (tertiary/aromatic N) is 4. The molecule has 182 valence electrons. The number of carbonyl (C=O) groups is 1. The first-order chi connectivity index (χ1) is 17.0. The number of hydrogen-bond acceptors (Lipinski definition) is 5. The van der Waals surface area contributed by atoms with Crippen LogP contribution in [0.1, 0.15) is 12.8 Å². The number of ether oxygens (including phenoxy) is 1. The Morgan fingerprint density at radius 2 is 1.86 bits per heavy atom. The lowest BCUT2D eigenvalue weighted by molar-refractivity contribution is 0.187. The Hall–Kier alpha value is -3.69. The van der Waals surface area contributed by atoms with Gasteiger partial charge in [0.25, 0.3) is 0 Å². The highest BCUT2D eigenvalue weighted by Crippen LogP contribution is 2.29. The molecule has 0 bridgehead atoms. The van der Waals surface area contributed by atoms with Crippen LogP contribution in [0, 0.1) is 0 Å². The molecule has 9 nitrogen and oxygen atoms in total. The third-order valence-electron chi connectivity index (χ3n) is 6.78. The molecular weight excluding hydrogens is 444 g/mol. The molecule has 0 aliphatic carbocycles. The van der Waals surface area contributed by atoms with Crippen molar-refractivity contribution < 1.29 is 9.53 Å². The highest BCUT2D eigenvalue weighted by molar-refractivity contribution is 6.04. The van der Waals surface area contributed by atoms with E-state index in [1.54, 1.807) is 29.5 Å². The number of carbonyl (C=O) groups excluding carboxylic acids is 1. The molecule has 2 amide bonds. The third-order valence-corrected chi connectivity index (χ3v) is 6.78. The average molecular weight is 475 g/mol. The van der Waals surface area contributed by atoms with Crippen molar-refractivity contribution in [3.63, 3.8) is 0 Å². The number of benzene rings is 2. The molecule has 0 atom stereocenters. The Kier molecular flexibility index (Phi) is 6.27. The summed E-state index contributed by atoms with van der Waals surface area (Å²) >= 11 is 0. The second kappa shape index (κ2) is 9.52. The smallest absolute Gasteiger partial charge is 0.328 e. The van der Waals surface area contributed by atoms with Gasteiger partial charge in [-0.2, -0.15) is 0 Å². The number of amides is 2. The van der Waals surface area contributed by atoms with Crippen LogP contribution >= 0.6 is 0 Å². The minimum Gasteiger partial charge on any atom is -0.383 e. The van der Waals surface area contributed by atoms with Crippen molar-refractivity contribution in [1.82, 2.24) is 19.0 Å². The maximum Gasteiger partial charge on any atom is 0.328 e. The van der Waals surface area contributed by atoms with Crippen LogP contribution in [0.25, 0.3) is 33.1 Å². The number of nitrogens with one attached hydrogen (secondary N) is 1. The van der Waals surface area contributed by atoms with Gasteiger partial charge in [-0.15, -0.1) is 0 Å². The molecule has 1 aliphatic heterocycles. The molecule has 1 fully saturated rings. The standard InChI is InChI=1S/C26H30N6O3/c1-30-23-16-28-22-8-5-18(15-21(22)24(23)32(26(30)34)13-14-35-2)17-3-6-20(7-4-17)29-25(33)31-11-9-19(27)10-12-31/h3-8,15-16,19H,9-14,27H2,1-2H3,(H,29,33). The Labute approximate surface area is 203 Å². The molecule has 3 N–H and O–H groups in total. The summed E-state index contributed by atoms with van der Waals surface area (Å²) in [4.78, 5) is 31.8. The van der Waals surface area contributed by atoms with Crippen LogP contribution in [0.15, 0.2) is 53.5 Å². The molecule has 1 saturated heterocycles. The van der Waals surface area contributed by atoms with Gasteiger partial charge in [0, 0.05) is 44.4 Å². The number of aromatic nitrogens is 3. The van der Waals surface area contributed by atoms with Gasteiger partial charge in [0.1, 0.15) is 0 Å². The first kappa shape index (κ1) is 23.1. The molecule has 5 rings (SSSR count). The number of methoxy groups -OCH3 is 1. The molecule has 4 aromatic rings. The fraction of sp³-hybridized carbons (Fsp3) is 0.346. The van der Waals surface area contributed by atoms with E-state index in [-0.39, 0.29) is 17.8 Å². The lowest BCUT2D eigenvalue weighted by Gasteiger charge is -2.30. The second-order valence-electron chi connectivity index (χ2n) is 9.04. The summed E-state index contributed by atoms with van der Waals surface area (Å²) in [6, 6.07) is 13.9. The van der Waals surface area contributed by atoms with Gasteiger partial charge in [0.15, 0.2) is 0 Å². The normalized spacial score (nSPS) is 14.7. The predicted molar refractivity (Wildman–Crippen MR) is 138 cm³/mol. The monoisotopic (exact) mass is 474 g/mol. The highest BCUT2D eigenvalue weighted by atomic mass is 16.5. The molecule has 35 heavy (non-hydrogen) atoms. The lowest BCUT2D eigenvalue weighted by atomic mass is 10.0. The number of urea groups is 1. The fourth-order valence-corrected chi connectivity index (χ4v) is 4.70. The second-order valence-corrected chi connectivity index (χ2v) is 9.04. The number of pyridine rings is 1. The Morgan fingerprint density at radius 1 is 1.14 bits per heavy atom. The van der Waals surface area contributed by atoms with Gasteiger partial charge < -0.3 is 20.7 Å². The van der Waals surface area contributed by atoms with E-state index in [9.17, 15) is 9.59 Å². The van der Waals surface area contributed by atoms with Gasteiger partial charge in [0.05, 0.1) is 35.9 Å². The van der Waals surface area contributed by atoms with E-state index >= 15 is 0 Å². The maximum atomic E-state index is 12.8. The van der Waals surface area contributed by atoms with Crippen LogP contribution < -0.4 is 16.7 Å². The van der Waals surface area contributed by atoms with Crippen molar-refractivity contribution in [2.24, 2.45) is 12.8 Å². The molecule has 0 saturated carbocycles. The molecule has 1 aliphatic rings. The Morgan fingerprint density at radius 3 is 2.57 bits per heavy atom. The van der Waals surface area contributed by atoms with Crippen molar-refractivity contribution in [3.8, 4) is 11.1 Å². The van der Waals surface area contributed by atoms with Crippen molar-refractivity contribution in [1.29, 1.82) is 0 Å². The SMILES string of the molecule is COCCn1c(=O)n(C)c2cnc3ccc(-c4ccc(NC(=O)N5CCC(N)CC5)cc4)cc3c21. The van der Waals surface area contributed by atoms with Gasteiger partial charge in [-0.3, -0.25) is 14.1 Å². The minimum absolute atomic E-state index is 0.0902. The predicted octanol–water partition coefficient (Wildman–Crippen LogP) is 3.16. The van der Waals surface area contributed by atoms with E-state index in [1.807, 2.05) is 41.3 Å². The molecule has 3 heterocycles. The lowest BCUT2D eigenvalue weighted by Crippen LogP contribution is -2.44. The van der Waals surface area contributed by atoms with E-state index in [2.05, 4.69) is 16.4 Å².